The monoisotopic (exact) mass is 251 g/mol. The van der Waals surface area contributed by atoms with Gasteiger partial charge < -0.3 is 4.90 Å². The predicted octanol–water partition coefficient (Wildman–Crippen LogP) is -1.56. The second-order valence-electron chi connectivity index (χ2n) is 3.48. The lowest BCUT2D eigenvalue weighted by molar-refractivity contribution is -1.92. The third kappa shape index (κ3) is 9.95. The lowest BCUT2D eigenvalue weighted by atomic mass is 10.1. The maximum absolute atomic E-state index is 8.60. The Hall–Kier alpha value is -0.590. The van der Waals surface area contributed by atoms with Crippen molar-refractivity contribution in [3.05, 3.63) is 24.4 Å². The molecule has 0 saturated heterocycles. The highest BCUT2D eigenvalue weighted by molar-refractivity contribution is 5.04. The zero-order chi connectivity index (χ0) is 12.6. The molecule has 0 unspecified atom stereocenters. The second-order valence-corrected chi connectivity index (χ2v) is 4.27. The zero-order valence-corrected chi connectivity index (χ0v) is 10.2. The first kappa shape index (κ1) is 15.4. The van der Waals surface area contributed by atoms with E-state index in [1.165, 1.54) is 31.5 Å². The van der Waals surface area contributed by atoms with Crippen LogP contribution in [0.1, 0.15) is 25.7 Å². The molecular weight excluding hydrogens is 234 g/mol. The summed E-state index contributed by atoms with van der Waals surface area (Å²) in [5.74, 6) is 0. The summed E-state index contributed by atoms with van der Waals surface area (Å²) >= 11 is 0. The highest BCUT2D eigenvalue weighted by Gasteiger charge is 2.06. The maximum atomic E-state index is 8.60. The quantitative estimate of drug-likeness (QED) is 0.613. The first-order chi connectivity index (χ1) is 7.34. The lowest BCUT2D eigenvalue weighted by Gasteiger charge is -2.26. The van der Waals surface area contributed by atoms with Crippen molar-refractivity contribution >= 4 is 0 Å². The third-order valence-corrected chi connectivity index (χ3v) is 2.17. The van der Waals surface area contributed by atoms with Gasteiger partial charge in [0.15, 0.2) is 0 Å². The molecule has 1 rings (SSSR count). The predicted molar refractivity (Wildman–Crippen MR) is 51.6 cm³/mol. The minimum atomic E-state index is -4.69. The summed E-state index contributed by atoms with van der Waals surface area (Å²) in [5.41, 5.74) is 1.50. The van der Waals surface area contributed by atoms with Crippen molar-refractivity contribution in [3.8, 4) is 0 Å². The highest BCUT2D eigenvalue weighted by atomic mass is 35.7. The minimum absolute atomic E-state index is 1.11. The summed E-state index contributed by atoms with van der Waals surface area (Å²) in [7, 11) is -2.52. The van der Waals surface area contributed by atoms with Gasteiger partial charge in [0.05, 0.1) is 14.9 Å². The van der Waals surface area contributed by atoms with Gasteiger partial charge in [-0.1, -0.05) is 12.2 Å². The van der Waals surface area contributed by atoms with E-state index in [-0.39, 0.29) is 0 Å². The summed E-state index contributed by atoms with van der Waals surface area (Å²) in [6.07, 6.45) is 9.19. The summed E-state index contributed by atoms with van der Waals surface area (Å²) in [6, 6.07) is 0. The van der Waals surface area contributed by atoms with Crippen LogP contribution >= 0.6 is 0 Å². The van der Waals surface area contributed by atoms with Gasteiger partial charge in [-0.05, 0) is 25.7 Å². The summed E-state index contributed by atoms with van der Waals surface area (Å²) < 4.78 is 32.7. The first-order valence-corrected chi connectivity index (χ1v) is 6.25. The normalized spacial score (nSPS) is 16.1. The van der Waals surface area contributed by atoms with Gasteiger partial charge in [-0.15, -0.1) is 6.58 Å². The average molecular weight is 252 g/mol. The van der Waals surface area contributed by atoms with Crippen molar-refractivity contribution in [2.75, 3.05) is 13.6 Å². The fourth-order valence-electron chi connectivity index (χ4n) is 1.44. The van der Waals surface area contributed by atoms with Crippen LogP contribution in [0.5, 0.6) is 0 Å². The molecule has 5 nitrogen and oxygen atoms in total. The van der Waals surface area contributed by atoms with E-state index in [0.717, 1.165) is 6.42 Å². The topological polar surface area (TPSA) is 92.7 Å². The summed E-state index contributed by atoms with van der Waals surface area (Å²) in [5, 5.41) is 0. The van der Waals surface area contributed by atoms with Crippen LogP contribution in [0.3, 0.4) is 0 Å². The SMILES string of the molecule is C=CCCC1=CCCCN1C.[O-][Cl+3]([O-])([O-])O. The zero-order valence-electron chi connectivity index (χ0n) is 9.39. The van der Waals surface area contributed by atoms with E-state index in [4.69, 9.17) is 18.6 Å². The van der Waals surface area contributed by atoms with Crippen LogP contribution in [0.15, 0.2) is 24.4 Å². The molecule has 16 heavy (non-hydrogen) atoms. The van der Waals surface area contributed by atoms with Gasteiger partial charge in [0.2, 0.25) is 0 Å². The molecule has 0 aliphatic carbocycles. The van der Waals surface area contributed by atoms with Crippen molar-refractivity contribution in [2.24, 2.45) is 0 Å². The van der Waals surface area contributed by atoms with Crippen molar-refractivity contribution in [1.82, 2.24) is 4.90 Å². The number of hydrogen-bond donors (Lipinski definition) is 1. The fourth-order valence-corrected chi connectivity index (χ4v) is 1.44. The Kier molecular flexibility index (Phi) is 7.36. The van der Waals surface area contributed by atoms with E-state index in [1.807, 2.05) is 6.08 Å². The number of allylic oxidation sites excluding steroid dienone is 3. The Labute approximate surface area is 98.0 Å². The molecule has 0 saturated carbocycles. The van der Waals surface area contributed by atoms with Crippen LogP contribution in [-0.2, 0) is 0 Å². The molecule has 0 radical (unpaired) electrons. The van der Waals surface area contributed by atoms with Gasteiger partial charge in [-0.2, -0.15) is 14.0 Å². The van der Waals surface area contributed by atoms with Gasteiger partial charge >= 0.3 is 0 Å². The summed E-state index contributed by atoms with van der Waals surface area (Å²) in [6.45, 7) is 4.95. The molecule has 0 amide bonds. The maximum Gasteiger partial charge on any atom is 0.0777 e. The first-order valence-electron chi connectivity index (χ1n) is 4.99. The molecule has 1 heterocycles. The molecule has 0 aromatic rings. The van der Waals surface area contributed by atoms with E-state index < -0.39 is 10.2 Å². The molecule has 0 aromatic carbocycles. The second kappa shape index (κ2) is 7.65. The van der Waals surface area contributed by atoms with Crippen LogP contribution < -0.4 is 14.0 Å². The third-order valence-electron chi connectivity index (χ3n) is 2.17. The van der Waals surface area contributed by atoms with E-state index in [2.05, 4.69) is 24.6 Å². The van der Waals surface area contributed by atoms with Gasteiger partial charge in [0, 0.05) is 19.3 Å². The van der Waals surface area contributed by atoms with Crippen LogP contribution in [0.2, 0.25) is 0 Å². The number of hydrogen-bond acceptors (Lipinski definition) is 5. The molecule has 6 heteroatoms. The van der Waals surface area contributed by atoms with Gasteiger partial charge in [-0.25, -0.2) is 0 Å². The van der Waals surface area contributed by atoms with Gasteiger partial charge in [0.25, 0.3) is 0 Å². The van der Waals surface area contributed by atoms with E-state index in [1.54, 1.807) is 0 Å². The molecule has 0 aromatic heterocycles. The Balaban J connectivity index is 0.000000385. The molecule has 1 aliphatic rings. The molecule has 0 fully saturated rings. The number of nitrogens with zero attached hydrogens (tertiary/aromatic N) is 1. The number of halogens is 1. The molecule has 1 N–H and O–H groups in total. The van der Waals surface area contributed by atoms with Crippen molar-refractivity contribution in [2.45, 2.75) is 25.7 Å². The molecule has 0 bridgehead atoms. The smallest absolute Gasteiger partial charge is 0.0777 e. The molecule has 94 valence electrons. The Morgan fingerprint density at radius 1 is 1.56 bits per heavy atom. The van der Waals surface area contributed by atoms with E-state index in [9.17, 15) is 0 Å². The van der Waals surface area contributed by atoms with Crippen LogP contribution in [0, 0.1) is 10.2 Å². The molecule has 1 aliphatic heterocycles. The standard InChI is InChI=1S/C10H17N.ClHO4/c1-3-4-7-10-8-5-6-9-11(10)2;2-1(3,4)5/h3,8H,1,4-7,9H2,2H3;(H,2,3,4,5). The molecule has 0 spiro atoms. The van der Waals surface area contributed by atoms with Crippen LogP contribution in [-0.4, -0.2) is 23.2 Å². The van der Waals surface area contributed by atoms with Crippen molar-refractivity contribution < 1.29 is 28.9 Å². The van der Waals surface area contributed by atoms with Crippen LogP contribution in [0.4, 0.5) is 0 Å². The average Bonchev–Trinajstić information content (AvgIpc) is 2.14. The molecule has 0 atom stereocenters. The number of rotatable bonds is 3. The minimum Gasteiger partial charge on any atom is -0.378 e. The highest BCUT2D eigenvalue weighted by Crippen LogP contribution is 2.16. The van der Waals surface area contributed by atoms with Crippen molar-refractivity contribution in [1.29, 1.82) is 0 Å². The Morgan fingerprint density at radius 2 is 2.12 bits per heavy atom. The Morgan fingerprint density at radius 3 is 2.56 bits per heavy atom. The van der Waals surface area contributed by atoms with E-state index >= 15 is 0 Å². The largest absolute Gasteiger partial charge is 0.378 e. The van der Waals surface area contributed by atoms with Gasteiger partial charge in [-0.3, -0.25) is 0 Å². The van der Waals surface area contributed by atoms with Crippen molar-refractivity contribution in [3.63, 3.8) is 0 Å². The lowest BCUT2D eigenvalue weighted by Crippen LogP contribution is -2.58. The molecular formula is C10H18ClNO4. The fraction of sp³-hybridized carbons (Fsp3) is 0.600. The van der Waals surface area contributed by atoms with Gasteiger partial charge in [0.1, 0.15) is 0 Å². The Bertz CT molecular complexity index is 231. The van der Waals surface area contributed by atoms with Crippen LogP contribution in [0.25, 0.3) is 0 Å². The van der Waals surface area contributed by atoms with E-state index in [0.29, 0.717) is 0 Å². The summed E-state index contributed by atoms with van der Waals surface area (Å²) in [4.78, 5) is 2.35.